The van der Waals surface area contributed by atoms with Gasteiger partial charge in [-0.2, -0.15) is 5.10 Å². The fraction of sp³-hybridized carbons (Fsp3) is 0.133. The number of methoxy groups -OCH3 is 1. The number of thioether (sulfide) groups is 2. The molecule has 0 fully saturated rings. The molecule has 0 unspecified atom stereocenters. The Morgan fingerprint density at radius 1 is 0.778 bits per heavy atom. The summed E-state index contributed by atoms with van der Waals surface area (Å²) in [5, 5.41) is 7.27. The number of carbonyl (C=O) groups excluding carboxylic acids is 1. The Bertz CT molecular complexity index is 1430. The van der Waals surface area contributed by atoms with Crippen LogP contribution in [0.1, 0.15) is 27.8 Å². The van der Waals surface area contributed by atoms with Gasteiger partial charge < -0.3 is 4.74 Å². The fourth-order valence-electron chi connectivity index (χ4n) is 5.09. The van der Waals surface area contributed by atoms with Crippen molar-refractivity contribution in [2.24, 2.45) is 5.10 Å². The zero-order valence-corrected chi connectivity index (χ0v) is 21.6. The molecule has 0 saturated carbocycles. The van der Waals surface area contributed by atoms with E-state index in [1.54, 1.807) is 0 Å². The first kappa shape index (κ1) is 23.0. The number of hydrogen-bond acceptors (Lipinski definition) is 6. The van der Waals surface area contributed by atoms with Crippen LogP contribution in [0.15, 0.2) is 114 Å². The number of esters is 1. The number of para-hydroxylation sites is 1. The van der Waals surface area contributed by atoms with Crippen molar-refractivity contribution in [3.05, 3.63) is 137 Å². The highest BCUT2D eigenvalue weighted by Crippen LogP contribution is 2.71. The van der Waals surface area contributed by atoms with E-state index in [2.05, 4.69) is 91.9 Å². The van der Waals surface area contributed by atoms with Crippen molar-refractivity contribution in [3.8, 4) is 0 Å². The normalized spacial score (nSPS) is 19.7. The lowest BCUT2D eigenvalue weighted by molar-refractivity contribution is -0.132. The maximum Gasteiger partial charge on any atom is 0.365 e. The number of hydrazone groups is 1. The Balaban J connectivity index is 1.66. The largest absolute Gasteiger partial charge is 0.464 e. The standard InChI is InChI=1S/C30H24N2O2S2/c1-21-13-9-12-20-26(21)32-30(35-27(31-32)28(33)34-2)25-19-11-10-18-24(25)29(36-30,22-14-5-3-6-15-22)23-16-7-4-8-17-23/h3-20H,1-2H3/t30-/m0/s1. The Hall–Kier alpha value is -3.48. The van der Waals surface area contributed by atoms with E-state index < -0.39 is 14.9 Å². The van der Waals surface area contributed by atoms with Crippen LogP contribution in [0.5, 0.6) is 0 Å². The maximum absolute atomic E-state index is 12.8. The topological polar surface area (TPSA) is 41.9 Å². The first-order chi connectivity index (χ1) is 17.6. The predicted octanol–water partition coefficient (Wildman–Crippen LogP) is 6.88. The molecule has 178 valence electrons. The molecule has 1 spiro atoms. The van der Waals surface area contributed by atoms with Gasteiger partial charge in [0.2, 0.25) is 5.04 Å². The van der Waals surface area contributed by atoms with Gasteiger partial charge in [0.05, 0.1) is 17.5 Å². The van der Waals surface area contributed by atoms with Crippen LogP contribution >= 0.6 is 23.5 Å². The third-order valence-electron chi connectivity index (χ3n) is 6.71. The molecule has 4 nitrogen and oxygen atoms in total. The molecule has 0 amide bonds. The van der Waals surface area contributed by atoms with Crippen LogP contribution in [0.2, 0.25) is 0 Å². The minimum absolute atomic E-state index is 0.347. The minimum Gasteiger partial charge on any atom is -0.464 e. The zero-order valence-electron chi connectivity index (χ0n) is 19.9. The summed E-state index contributed by atoms with van der Waals surface area (Å²) in [7, 11) is 1.41. The van der Waals surface area contributed by atoms with E-state index in [1.807, 2.05) is 41.0 Å². The SMILES string of the molecule is COC(=O)C1=NN(c2ccccc2C)[C@@]2(S1)SC(c1ccccc1)(c1ccccc1)c1ccccc12. The van der Waals surface area contributed by atoms with Crippen LogP contribution in [0.25, 0.3) is 0 Å². The van der Waals surface area contributed by atoms with Crippen molar-refractivity contribution in [1.82, 2.24) is 0 Å². The molecular formula is C30H24N2O2S2. The van der Waals surface area contributed by atoms with Crippen molar-refractivity contribution in [2.45, 2.75) is 15.9 Å². The molecule has 0 N–H and O–H groups in total. The molecule has 2 heterocycles. The summed E-state index contributed by atoms with van der Waals surface area (Å²) in [5.41, 5.74) is 6.73. The van der Waals surface area contributed by atoms with E-state index in [1.165, 1.54) is 35.6 Å². The van der Waals surface area contributed by atoms with Gasteiger partial charge in [0.25, 0.3) is 0 Å². The van der Waals surface area contributed by atoms with Crippen LogP contribution in [0.3, 0.4) is 0 Å². The number of hydrogen-bond donors (Lipinski definition) is 0. The van der Waals surface area contributed by atoms with Crippen molar-refractivity contribution >= 4 is 40.2 Å². The first-order valence-electron chi connectivity index (χ1n) is 11.7. The lowest BCUT2D eigenvalue weighted by Crippen LogP contribution is -2.34. The molecule has 0 bridgehead atoms. The fourth-order valence-corrected chi connectivity index (χ4v) is 8.66. The number of anilines is 1. The Kier molecular flexibility index (Phi) is 5.66. The Morgan fingerprint density at radius 3 is 1.94 bits per heavy atom. The molecule has 4 aromatic rings. The number of rotatable bonds is 4. The highest BCUT2D eigenvalue weighted by atomic mass is 32.2. The van der Waals surface area contributed by atoms with E-state index in [4.69, 9.17) is 9.84 Å². The molecule has 4 aromatic carbocycles. The lowest BCUT2D eigenvalue weighted by atomic mass is 9.82. The van der Waals surface area contributed by atoms with Crippen LogP contribution in [-0.2, 0) is 18.5 Å². The smallest absolute Gasteiger partial charge is 0.365 e. The average Bonchev–Trinajstić information content (AvgIpc) is 3.46. The summed E-state index contributed by atoms with van der Waals surface area (Å²) in [4.78, 5) is 12.8. The molecule has 2 aliphatic rings. The number of nitrogens with zero attached hydrogens (tertiary/aromatic N) is 2. The highest BCUT2D eigenvalue weighted by molar-refractivity contribution is 8.27. The summed E-state index contributed by atoms with van der Waals surface area (Å²) in [5.74, 6) is -0.425. The third-order valence-corrected chi connectivity index (χ3v) is 9.99. The van der Waals surface area contributed by atoms with Gasteiger partial charge in [-0.25, -0.2) is 9.80 Å². The second kappa shape index (κ2) is 8.87. The highest BCUT2D eigenvalue weighted by Gasteiger charge is 2.62. The summed E-state index contributed by atoms with van der Waals surface area (Å²) in [6.07, 6.45) is 0. The molecule has 0 saturated heterocycles. The van der Waals surface area contributed by atoms with Gasteiger partial charge in [-0.3, -0.25) is 0 Å². The van der Waals surface area contributed by atoms with Crippen LogP contribution in [0.4, 0.5) is 5.69 Å². The third kappa shape index (κ3) is 3.32. The molecule has 6 heteroatoms. The average molecular weight is 509 g/mol. The van der Waals surface area contributed by atoms with Crippen molar-refractivity contribution in [1.29, 1.82) is 0 Å². The number of carbonyl (C=O) groups is 1. The van der Waals surface area contributed by atoms with Crippen molar-refractivity contribution in [2.75, 3.05) is 12.1 Å². The molecule has 0 aromatic heterocycles. The molecule has 0 radical (unpaired) electrons. The van der Waals surface area contributed by atoms with Crippen LogP contribution < -0.4 is 5.01 Å². The van der Waals surface area contributed by atoms with E-state index >= 15 is 0 Å². The monoisotopic (exact) mass is 508 g/mol. The summed E-state index contributed by atoms with van der Waals surface area (Å²) < 4.78 is 3.92. The van der Waals surface area contributed by atoms with Gasteiger partial charge in [0.15, 0.2) is 4.20 Å². The summed E-state index contributed by atoms with van der Waals surface area (Å²) in [6.45, 7) is 2.08. The molecule has 0 aliphatic carbocycles. The predicted molar refractivity (Wildman–Crippen MR) is 149 cm³/mol. The molecule has 2 aliphatic heterocycles. The minimum atomic E-state index is -0.710. The molecule has 6 rings (SSSR count). The van der Waals surface area contributed by atoms with Gasteiger partial charge in [-0.1, -0.05) is 127 Å². The van der Waals surface area contributed by atoms with Gasteiger partial charge in [-0.05, 0) is 35.2 Å². The molecular weight excluding hydrogens is 484 g/mol. The lowest BCUT2D eigenvalue weighted by Gasteiger charge is -2.37. The quantitative estimate of drug-likeness (QED) is 0.281. The second-order valence-corrected chi connectivity index (χ2v) is 11.6. The first-order valence-corrected chi connectivity index (χ1v) is 13.4. The number of benzene rings is 4. The summed E-state index contributed by atoms with van der Waals surface area (Å²) >= 11 is 3.28. The summed E-state index contributed by atoms with van der Waals surface area (Å²) in [6, 6.07) is 37.9. The van der Waals surface area contributed by atoms with Gasteiger partial charge in [-0.15, -0.1) is 0 Å². The Labute approximate surface area is 219 Å². The van der Waals surface area contributed by atoms with E-state index in [0.717, 1.165) is 16.8 Å². The van der Waals surface area contributed by atoms with E-state index in [-0.39, 0.29) is 0 Å². The van der Waals surface area contributed by atoms with Crippen molar-refractivity contribution < 1.29 is 9.53 Å². The Morgan fingerprint density at radius 2 is 1.33 bits per heavy atom. The van der Waals surface area contributed by atoms with Gasteiger partial charge in [0, 0.05) is 5.56 Å². The van der Waals surface area contributed by atoms with Crippen LogP contribution in [-0.4, -0.2) is 18.1 Å². The van der Waals surface area contributed by atoms with Gasteiger partial charge in [0.1, 0.15) is 0 Å². The number of aryl methyl sites for hydroxylation is 1. The molecule has 36 heavy (non-hydrogen) atoms. The number of ether oxygens (including phenoxy) is 1. The van der Waals surface area contributed by atoms with Crippen LogP contribution in [0, 0.1) is 6.92 Å². The number of fused-ring (bicyclic) bond motifs is 2. The molecule has 1 atom stereocenters. The van der Waals surface area contributed by atoms with Gasteiger partial charge >= 0.3 is 5.97 Å². The maximum atomic E-state index is 12.8. The van der Waals surface area contributed by atoms with E-state index in [9.17, 15) is 4.79 Å². The second-order valence-electron chi connectivity index (χ2n) is 8.74. The van der Waals surface area contributed by atoms with E-state index in [0.29, 0.717) is 5.04 Å². The zero-order chi connectivity index (χ0) is 24.8. The van der Waals surface area contributed by atoms with Crippen molar-refractivity contribution in [3.63, 3.8) is 0 Å².